The molecule has 0 amide bonds. The first kappa shape index (κ1) is 3.21. The van der Waals surface area contributed by atoms with Crippen molar-refractivity contribution in [2.45, 2.75) is 0 Å². The van der Waals surface area contributed by atoms with E-state index in [1.807, 2.05) is 0 Å². The molecule has 31 valence electrons. The van der Waals surface area contributed by atoms with Crippen molar-refractivity contribution < 1.29 is 4.73 Å². The van der Waals surface area contributed by atoms with Crippen LogP contribution >= 0.6 is 0 Å². The lowest BCUT2D eigenvalue weighted by atomic mass is 11.0. The zero-order chi connectivity index (χ0) is 4.41. The fourth-order valence-electron chi connectivity index (χ4n) is 0.243. The maximum atomic E-state index is 9.90. The van der Waals surface area contributed by atoms with E-state index in [-0.39, 0.29) is 0 Å². The highest BCUT2D eigenvalue weighted by Gasteiger charge is 1.77. The largest absolute Gasteiger partial charge is 0.710 e. The van der Waals surface area contributed by atoms with Crippen molar-refractivity contribution in [3.05, 3.63) is 23.9 Å². The quantitative estimate of drug-likeness (QED) is 0.332. The van der Waals surface area contributed by atoms with Gasteiger partial charge in [-0.1, -0.05) is 0 Å². The molecule has 0 saturated carbocycles. The summed E-state index contributed by atoms with van der Waals surface area (Å²) in [5.41, 5.74) is 0. The van der Waals surface area contributed by atoms with Gasteiger partial charge in [-0.05, 0) is 0 Å². The molecule has 0 aromatic carbocycles. The number of nitrogens with zero attached hydrogens (tertiary/aromatic N) is 1. The average molecular weight is 83.1 g/mol. The molecule has 1 aromatic heterocycles. The maximum Gasteiger partial charge on any atom is 0.374 e. The normalized spacial score (nSPS) is 8.67. The minimum Gasteiger partial charge on any atom is -0.710 e. The zero-order valence-corrected chi connectivity index (χ0v) is 3.01. The van der Waals surface area contributed by atoms with Gasteiger partial charge >= 0.3 is 6.33 Å². The van der Waals surface area contributed by atoms with Gasteiger partial charge in [0.2, 0.25) is 0 Å². The lowest BCUT2D eigenvalue weighted by Gasteiger charge is -1.84. The Morgan fingerprint density at radius 1 is 1.83 bits per heavy atom. The van der Waals surface area contributed by atoms with E-state index >= 15 is 0 Å². The molecule has 0 aliphatic carbocycles. The molecule has 0 atom stereocenters. The second-order valence-corrected chi connectivity index (χ2v) is 0.898. The first-order valence-corrected chi connectivity index (χ1v) is 1.54. The first-order chi connectivity index (χ1) is 2.89. The summed E-state index contributed by atoms with van der Waals surface area (Å²) in [6.45, 7) is 0. The van der Waals surface area contributed by atoms with Crippen LogP contribution in [0.25, 0.3) is 0 Å². The summed E-state index contributed by atoms with van der Waals surface area (Å²) in [7, 11) is 0. The smallest absolute Gasteiger partial charge is 0.374 e. The van der Waals surface area contributed by atoms with Crippen molar-refractivity contribution in [1.82, 2.24) is 4.98 Å². The van der Waals surface area contributed by atoms with Gasteiger partial charge in [0.1, 0.15) is 12.4 Å². The van der Waals surface area contributed by atoms with Gasteiger partial charge in [-0.25, -0.2) is 9.71 Å². The van der Waals surface area contributed by atoms with E-state index in [0.29, 0.717) is 4.73 Å². The number of hydrogen-bond acceptors (Lipinski definition) is 1. The Bertz CT molecular complexity index is 112. The number of H-pyrrole nitrogens is 1. The summed E-state index contributed by atoms with van der Waals surface area (Å²) in [6, 6.07) is 0. The van der Waals surface area contributed by atoms with E-state index in [1.165, 1.54) is 12.4 Å². The van der Waals surface area contributed by atoms with Crippen LogP contribution in [-0.2, 0) is 0 Å². The van der Waals surface area contributed by atoms with Crippen LogP contribution in [0, 0.1) is 11.5 Å². The van der Waals surface area contributed by atoms with Gasteiger partial charge < -0.3 is 5.21 Å². The Kier molecular flexibility index (Phi) is 0.538. The summed E-state index contributed by atoms with van der Waals surface area (Å²) >= 11 is 0. The molecule has 0 unspecified atom stereocenters. The van der Waals surface area contributed by atoms with E-state index in [9.17, 15) is 5.21 Å². The molecule has 1 N–H and O–H groups in total. The number of hydrogen-bond donors (Lipinski definition) is 1. The fraction of sp³-hybridized carbons (Fsp3) is 0. The van der Waals surface area contributed by atoms with Gasteiger partial charge in [0.05, 0.1) is 0 Å². The van der Waals surface area contributed by atoms with Gasteiger partial charge in [-0.2, -0.15) is 0 Å². The molecule has 0 fully saturated rings. The van der Waals surface area contributed by atoms with E-state index in [1.54, 1.807) is 0 Å². The Labute approximate surface area is 34.8 Å². The Morgan fingerprint density at radius 3 is 2.83 bits per heavy atom. The summed E-state index contributed by atoms with van der Waals surface area (Å²) in [5.74, 6) is 0. The summed E-state index contributed by atoms with van der Waals surface area (Å²) in [5, 5.41) is 9.90. The van der Waals surface area contributed by atoms with Gasteiger partial charge in [-0.3, -0.25) is 0 Å². The van der Waals surface area contributed by atoms with Crippen LogP contribution in [0.4, 0.5) is 0 Å². The lowest BCUT2D eigenvalue weighted by Crippen LogP contribution is -2.20. The summed E-state index contributed by atoms with van der Waals surface area (Å²) < 4.78 is 0.569. The topological polar surface area (TPSA) is 42.7 Å². The summed E-state index contributed by atoms with van der Waals surface area (Å²) in [4.78, 5) is 2.45. The molecule has 0 aliphatic rings. The van der Waals surface area contributed by atoms with Gasteiger partial charge in [0.15, 0.2) is 0 Å². The highest BCUT2D eigenvalue weighted by Crippen LogP contribution is 1.59. The van der Waals surface area contributed by atoms with Crippen molar-refractivity contribution in [2.24, 2.45) is 0 Å². The minimum absolute atomic E-state index is 0.569. The van der Waals surface area contributed by atoms with E-state index < -0.39 is 0 Å². The average Bonchev–Trinajstić information content (AvgIpc) is 1.86. The van der Waals surface area contributed by atoms with Crippen LogP contribution in [0.3, 0.4) is 0 Å². The number of rotatable bonds is 0. The molecule has 0 spiro atoms. The third-order valence-corrected chi connectivity index (χ3v) is 0.468. The standard InChI is InChI=1S/C3H3N2O/c6-5-2-1-4-3-5/h1-2,4H. The molecule has 6 heavy (non-hydrogen) atoms. The molecular formula is C3H3N2O. The number of imidazole rings is 1. The molecule has 1 aromatic rings. The molecule has 0 bridgehead atoms. The number of aromatic nitrogens is 2. The second kappa shape index (κ2) is 1.01. The van der Waals surface area contributed by atoms with Crippen molar-refractivity contribution in [2.75, 3.05) is 0 Å². The third kappa shape index (κ3) is 0.337. The van der Waals surface area contributed by atoms with E-state index in [4.69, 9.17) is 0 Å². The predicted molar refractivity (Wildman–Crippen MR) is 18.6 cm³/mol. The predicted octanol–water partition coefficient (Wildman–Crippen LogP) is -0.552. The zero-order valence-electron chi connectivity index (χ0n) is 3.01. The molecule has 0 aliphatic heterocycles. The van der Waals surface area contributed by atoms with Crippen LogP contribution in [0.1, 0.15) is 0 Å². The first-order valence-electron chi connectivity index (χ1n) is 1.54. The van der Waals surface area contributed by atoms with Crippen LogP contribution < -0.4 is 4.73 Å². The number of aromatic amines is 1. The Balaban J connectivity index is 3.05. The lowest BCUT2D eigenvalue weighted by molar-refractivity contribution is -0.608. The van der Waals surface area contributed by atoms with Gasteiger partial charge in [0, 0.05) is 0 Å². The van der Waals surface area contributed by atoms with Crippen LogP contribution in [0.2, 0.25) is 0 Å². The van der Waals surface area contributed by atoms with Crippen molar-refractivity contribution in [3.8, 4) is 0 Å². The van der Waals surface area contributed by atoms with Gasteiger partial charge in [0.25, 0.3) is 0 Å². The molecule has 1 radical (unpaired) electrons. The highest BCUT2D eigenvalue weighted by molar-refractivity contribution is 4.54. The minimum atomic E-state index is 0.569. The maximum absolute atomic E-state index is 9.90. The Hall–Kier alpha value is -0.990. The van der Waals surface area contributed by atoms with Crippen molar-refractivity contribution in [1.29, 1.82) is 0 Å². The van der Waals surface area contributed by atoms with Crippen LogP contribution in [0.15, 0.2) is 12.4 Å². The molecule has 3 nitrogen and oxygen atoms in total. The fourth-order valence-corrected chi connectivity index (χ4v) is 0.243. The van der Waals surface area contributed by atoms with Crippen LogP contribution in [0.5, 0.6) is 0 Å². The molecule has 1 heterocycles. The monoisotopic (exact) mass is 83.0 g/mol. The Morgan fingerprint density at radius 2 is 2.67 bits per heavy atom. The molecule has 3 heteroatoms. The highest BCUT2D eigenvalue weighted by atomic mass is 16.5. The third-order valence-electron chi connectivity index (χ3n) is 0.468. The van der Waals surface area contributed by atoms with Crippen molar-refractivity contribution in [3.63, 3.8) is 0 Å². The van der Waals surface area contributed by atoms with Crippen LogP contribution in [-0.4, -0.2) is 4.98 Å². The molecule has 1 rings (SSSR count). The van der Waals surface area contributed by atoms with Gasteiger partial charge in [-0.15, -0.1) is 0 Å². The second-order valence-electron chi connectivity index (χ2n) is 0.898. The SMILES string of the molecule is [O-][n+]1[c][nH]cc1. The van der Waals surface area contributed by atoms with E-state index in [0.717, 1.165) is 0 Å². The van der Waals surface area contributed by atoms with E-state index in [2.05, 4.69) is 11.3 Å². The molecule has 0 saturated heterocycles. The number of nitrogens with one attached hydrogen (secondary N) is 1. The molecular weight excluding hydrogens is 80.0 g/mol. The van der Waals surface area contributed by atoms with Crippen molar-refractivity contribution >= 4 is 0 Å². The summed E-state index contributed by atoms with van der Waals surface area (Å²) in [6.07, 6.45) is 5.08.